The van der Waals surface area contributed by atoms with Crippen LogP contribution in [0.3, 0.4) is 0 Å². The molecule has 1 amide bonds. The summed E-state index contributed by atoms with van der Waals surface area (Å²) in [4.78, 5) is 23.8. The van der Waals surface area contributed by atoms with Gasteiger partial charge in [0.05, 0.1) is 10.7 Å². The van der Waals surface area contributed by atoms with Gasteiger partial charge in [0.2, 0.25) is 0 Å². The largest absolute Gasteiger partial charge is 0.506 e. The molecule has 1 N–H and O–H groups in total. The monoisotopic (exact) mass is 459 g/mol. The average molecular weight is 460 g/mol. The van der Waals surface area contributed by atoms with Crippen molar-refractivity contribution in [3.63, 3.8) is 0 Å². The van der Waals surface area contributed by atoms with Crippen molar-refractivity contribution in [3.05, 3.63) is 94.4 Å². The quantitative estimate of drug-likeness (QED) is 0.514. The smallest absolute Gasteiger partial charge is 0.269 e. The van der Waals surface area contributed by atoms with Gasteiger partial charge in [-0.25, -0.2) is 4.99 Å². The minimum absolute atomic E-state index is 0.0535. The van der Waals surface area contributed by atoms with Crippen LogP contribution >= 0.6 is 23.5 Å². The van der Waals surface area contributed by atoms with Gasteiger partial charge >= 0.3 is 0 Å². The van der Waals surface area contributed by atoms with Crippen molar-refractivity contribution in [2.75, 3.05) is 18.5 Å². The molecular formula is C25H21N3O2S2. The number of thioether (sulfide) groups is 2. The van der Waals surface area contributed by atoms with Crippen LogP contribution in [0.25, 0.3) is 0 Å². The van der Waals surface area contributed by atoms with Crippen LogP contribution in [0.5, 0.6) is 5.75 Å². The van der Waals surface area contributed by atoms with Crippen molar-refractivity contribution in [2.24, 2.45) is 4.99 Å². The van der Waals surface area contributed by atoms with E-state index in [1.54, 1.807) is 34.9 Å². The minimum atomic E-state index is -0.0535. The Kier molecular flexibility index (Phi) is 5.68. The van der Waals surface area contributed by atoms with Gasteiger partial charge in [-0.1, -0.05) is 66.4 Å². The maximum Gasteiger partial charge on any atom is 0.269 e. The molecule has 0 unspecified atom stereocenters. The number of carbonyl (C=O) groups is 1. The summed E-state index contributed by atoms with van der Waals surface area (Å²) < 4.78 is 0. The van der Waals surface area contributed by atoms with Gasteiger partial charge in [-0.2, -0.15) is 0 Å². The minimum Gasteiger partial charge on any atom is -0.506 e. The summed E-state index contributed by atoms with van der Waals surface area (Å²) in [6, 6.07) is 25.2. The molecule has 0 aliphatic carbocycles. The van der Waals surface area contributed by atoms with Crippen molar-refractivity contribution in [1.29, 1.82) is 0 Å². The number of fused-ring (bicyclic) bond motifs is 1. The zero-order valence-corrected chi connectivity index (χ0v) is 19.1. The standard InChI is InChI=1S/C25H21N3O2S2/c1-27-19-12-6-8-14-21(19)31-24(27)22-23(30)28(16-15-17-9-3-2-4-10-17)25(32-22)26-18-11-5-7-13-20(18)29/h2-14,29H,15-16H2,1H3. The molecule has 2 aliphatic heterocycles. The van der Waals surface area contributed by atoms with Gasteiger partial charge < -0.3 is 10.0 Å². The van der Waals surface area contributed by atoms with Crippen molar-refractivity contribution in [3.8, 4) is 5.75 Å². The lowest BCUT2D eigenvalue weighted by Gasteiger charge is -2.17. The van der Waals surface area contributed by atoms with E-state index in [0.29, 0.717) is 22.3 Å². The number of rotatable bonds is 4. The molecule has 0 spiro atoms. The highest BCUT2D eigenvalue weighted by Gasteiger charge is 2.39. The van der Waals surface area contributed by atoms with Gasteiger partial charge in [-0.05, 0) is 48.0 Å². The number of para-hydroxylation sites is 3. The number of nitrogens with zero attached hydrogens (tertiary/aromatic N) is 3. The van der Waals surface area contributed by atoms with Crippen molar-refractivity contribution >= 4 is 46.0 Å². The molecule has 5 nitrogen and oxygen atoms in total. The Hall–Kier alpha value is -3.16. The number of benzene rings is 3. The number of amides is 1. The first kappa shape index (κ1) is 20.7. The number of aliphatic imine (C=N–C) groups is 1. The zero-order valence-electron chi connectivity index (χ0n) is 17.4. The fraction of sp³-hybridized carbons (Fsp3) is 0.120. The summed E-state index contributed by atoms with van der Waals surface area (Å²) in [7, 11) is 1.99. The third-order valence-corrected chi connectivity index (χ3v) is 7.79. The summed E-state index contributed by atoms with van der Waals surface area (Å²) in [5.41, 5.74) is 2.71. The predicted molar refractivity (Wildman–Crippen MR) is 132 cm³/mol. The summed E-state index contributed by atoms with van der Waals surface area (Å²) in [6.45, 7) is 0.514. The predicted octanol–water partition coefficient (Wildman–Crippen LogP) is 5.61. The van der Waals surface area contributed by atoms with Crippen LogP contribution in [0, 0.1) is 0 Å². The molecule has 0 bridgehead atoms. The third-order valence-electron chi connectivity index (χ3n) is 5.36. The first-order valence-corrected chi connectivity index (χ1v) is 11.9. The normalized spacial score (nSPS) is 19.2. The molecule has 1 fully saturated rings. The van der Waals surface area contributed by atoms with E-state index in [-0.39, 0.29) is 11.7 Å². The lowest BCUT2D eigenvalue weighted by atomic mass is 10.1. The molecule has 32 heavy (non-hydrogen) atoms. The highest BCUT2D eigenvalue weighted by atomic mass is 32.2. The van der Waals surface area contributed by atoms with Crippen molar-refractivity contribution < 1.29 is 9.90 Å². The van der Waals surface area contributed by atoms with Gasteiger partial charge in [0, 0.05) is 18.5 Å². The Balaban J connectivity index is 1.51. The van der Waals surface area contributed by atoms with E-state index in [9.17, 15) is 9.90 Å². The Morgan fingerprint density at radius 1 is 0.906 bits per heavy atom. The van der Waals surface area contributed by atoms with Crippen LogP contribution in [0.1, 0.15) is 5.56 Å². The van der Waals surface area contributed by atoms with Crippen LogP contribution in [-0.4, -0.2) is 34.7 Å². The van der Waals surface area contributed by atoms with E-state index in [1.165, 1.54) is 11.8 Å². The Morgan fingerprint density at radius 2 is 1.62 bits per heavy atom. The SMILES string of the molecule is CN1C(=C2SC(=Nc3ccccc3O)N(CCc3ccccc3)C2=O)Sc2ccccc21. The van der Waals surface area contributed by atoms with E-state index >= 15 is 0 Å². The van der Waals surface area contributed by atoms with Crippen LogP contribution < -0.4 is 4.90 Å². The number of amidine groups is 1. The van der Waals surface area contributed by atoms with Crippen LogP contribution in [-0.2, 0) is 11.2 Å². The molecule has 7 heteroatoms. The number of aromatic hydroxyl groups is 1. The number of hydrogen-bond donors (Lipinski definition) is 1. The fourth-order valence-corrected chi connectivity index (χ4v) is 6.03. The van der Waals surface area contributed by atoms with Gasteiger partial charge in [0.25, 0.3) is 5.91 Å². The maximum atomic E-state index is 13.6. The van der Waals surface area contributed by atoms with Crippen LogP contribution in [0.2, 0.25) is 0 Å². The third kappa shape index (κ3) is 3.89. The first-order chi connectivity index (χ1) is 15.6. The molecule has 1 saturated heterocycles. The fourth-order valence-electron chi connectivity index (χ4n) is 3.66. The average Bonchev–Trinajstić information content (AvgIpc) is 3.31. The van der Waals surface area contributed by atoms with E-state index < -0.39 is 0 Å². The summed E-state index contributed by atoms with van der Waals surface area (Å²) in [6.07, 6.45) is 0.721. The molecule has 0 radical (unpaired) electrons. The molecule has 0 atom stereocenters. The highest BCUT2D eigenvalue weighted by molar-refractivity contribution is 8.19. The van der Waals surface area contributed by atoms with Gasteiger partial charge in [-0.3, -0.25) is 9.69 Å². The Bertz CT molecular complexity index is 1240. The zero-order chi connectivity index (χ0) is 22.1. The lowest BCUT2D eigenvalue weighted by molar-refractivity contribution is -0.122. The lowest BCUT2D eigenvalue weighted by Crippen LogP contribution is -2.31. The summed E-state index contributed by atoms with van der Waals surface area (Å²) in [5, 5.41) is 11.7. The van der Waals surface area contributed by atoms with E-state index in [4.69, 9.17) is 0 Å². The van der Waals surface area contributed by atoms with Crippen LogP contribution in [0.4, 0.5) is 11.4 Å². The molecular weight excluding hydrogens is 438 g/mol. The van der Waals surface area contributed by atoms with Gasteiger partial charge in [-0.15, -0.1) is 0 Å². The second kappa shape index (κ2) is 8.76. The van der Waals surface area contributed by atoms with Crippen molar-refractivity contribution in [1.82, 2.24) is 4.90 Å². The maximum absolute atomic E-state index is 13.6. The molecule has 160 valence electrons. The number of anilines is 1. The molecule has 0 aromatic heterocycles. The van der Waals surface area contributed by atoms with Gasteiger partial charge in [0.1, 0.15) is 16.3 Å². The first-order valence-electron chi connectivity index (χ1n) is 10.3. The van der Waals surface area contributed by atoms with E-state index in [2.05, 4.69) is 34.2 Å². The van der Waals surface area contributed by atoms with Crippen LogP contribution in [0.15, 0.2) is 98.7 Å². The number of carbonyl (C=O) groups excluding carboxylic acids is 1. The van der Waals surface area contributed by atoms with Gasteiger partial charge in [0.15, 0.2) is 5.17 Å². The topological polar surface area (TPSA) is 56.1 Å². The second-order valence-corrected chi connectivity index (χ2v) is 9.45. The molecule has 2 heterocycles. The van der Waals surface area contributed by atoms with E-state index in [1.807, 2.05) is 43.4 Å². The molecule has 3 aromatic carbocycles. The molecule has 5 rings (SSSR count). The number of phenolic OH excluding ortho intramolecular Hbond substituents is 1. The Labute approximate surface area is 195 Å². The highest BCUT2D eigenvalue weighted by Crippen LogP contribution is 2.50. The summed E-state index contributed by atoms with van der Waals surface area (Å²) in [5.74, 6) is 0.0409. The molecule has 3 aromatic rings. The van der Waals surface area contributed by atoms with E-state index in [0.717, 1.165) is 27.6 Å². The summed E-state index contributed by atoms with van der Waals surface area (Å²) >= 11 is 2.98. The molecule has 0 saturated carbocycles. The second-order valence-electron chi connectivity index (χ2n) is 7.44. The number of hydrogen-bond acceptors (Lipinski definition) is 6. The molecule has 2 aliphatic rings. The Morgan fingerprint density at radius 3 is 2.41 bits per heavy atom. The number of phenols is 1. The van der Waals surface area contributed by atoms with Crippen molar-refractivity contribution in [2.45, 2.75) is 11.3 Å².